The first kappa shape index (κ1) is 15.8. The van der Waals surface area contributed by atoms with Gasteiger partial charge in [0, 0.05) is 0 Å². The molecule has 120 valence electrons. The van der Waals surface area contributed by atoms with Crippen molar-refractivity contribution in [2.75, 3.05) is 0 Å². The zero-order valence-corrected chi connectivity index (χ0v) is 13.4. The Balaban J connectivity index is 1.75. The van der Waals surface area contributed by atoms with Crippen LogP contribution in [0.1, 0.15) is 11.1 Å². The molecule has 1 aromatic heterocycles. The molecule has 0 unspecified atom stereocenters. The van der Waals surface area contributed by atoms with Gasteiger partial charge in [0.15, 0.2) is 0 Å². The second-order valence-corrected chi connectivity index (χ2v) is 5.30. The second kappa shape index (κ2) is 7.47. The largest absolute Gasteiger partial charge is 0.489 e. The zero-order chi connectivity index (χ0) is 16.8. The van der Waals surface area contributed by atoms with Crippen LogP contribution in [0.15, 0.2) is 70.7 Å². The fraction of sp³-hybridized carbons (Fsp3) is 0.0588. The smallest absolute Gasteiger partial charge is 0.293 e. The lowest BCUT2D eigenvalue weighted by atomic mass is 10.2. The molecule has 0 radical (unpaired) electrons. The summed E-state index contributed by atoms with van der Waals surface area (Å²) in [7, 11) is 0. The molecule has 0 aliphatic rings. The molecular formula is C17H14N4O2S. The van der Waals surface area contributed by atoms with Gasteiger partial charge in [-0.2, -0.15) is 14.9 Å². The van der Waals surface area contributed by atoms with Gasteiger partial charge < -0.3 is 4.74 Å². The van der Waals surface area contributed by atoms with Gasteiger partial charge in [-0.15, -0.1) is 0 Å². The highest BCUT2D eigenvalue weighted by Crippen LogP contribution is 2.14. The van der Waals surface area contributed by atoms with E-state index in [1.165, 1.54) is 0 Å². The standard InChI is InChI=1S/C17H14N4O2S/c22-16-11-18-20-17(24)21(16)19-10-14-7-4-8-15(9-14)23-12-13-5-2-1-3-6-13/h1-11H,12H2,(H,20,24)/b19-10+. The first-order chi connectivity index (χ1) is 11.7. The number of benzene rings is 2. The van der Waals surface area contributed by atoms with E-state index < -0.39 is 5.56 Å². The first-order valence-electron chi connectivity index (χ1n) is 7.20. The third-order valence-corrected chi connectivity index (χ3v) is 3.43. The molecule has 0 bridgehead atoms. The number of nitrogens with one attached hydrogen (secondary N) is 1. The summed E-state index contributed by atoms with van der Waals surface area (Å²) < 4.78 is 6.97. The van der Waals surface area contributed by atoms with E-state index in [0.29, 0.717) is 6.61 Å². The van der Waals surface area contributed by atoms with Crippen molar-refractivity contribution in [1.82, 2.24) is 14.9 Å². The number of ether oxygens (including phenoxy) is 1. The molecule has 0 aliphatic carbocycles. The molecule has 7 heteroatoms. The van der Waals surface area contributed by atoms with Crippen LogP contribution in [0, 0.1) is 4.77 Å². The van der Waals surface area contributed by atoms with E-state index >= 15 is 0 Å². The van der Waals surface area contributed by atoms with Crippen molar-refractivity contribution in [1.29, 1.82) is 0 Å². The summed E-state index contributed by atoms with van der Waals surface area (Å²) >= 11 is 4.98. The van der Waals surface area contributed by atoms with Crippen molar-refractivity contribution < 1.29 is 4.74 Å². The average Bonchev–Trinajstić information content (AvgIpc) is 2.61. The number of nitrogens with zero attached hydrogens (tertiary/aromatic N) is 3. The summed E-state index contributed by atoms with van der Waals surface area (Å²) in [6, 6.07) is 17.3. The number of H-pyrrole nitrogens is 1. The molecule has 3 aromatic rings. The molecule has 0 aliphatic heterocycles. The van der Waals surface area contributed by atoms with Crippen LogP contribution in [0.25, 0.3) is 0 Å². The lowest BCUT2D eigenvalue weighted by Gasteiger charge is -2.06. The molecule has 0 spiro atoms. The summed E-state index contributed by atoms with van der Waals surface area (Å²) in [6.07, 6.45) is 2.66. The molecule has 0 amide bonds. The molecule has 0 atom stereocenters. The first-order valence-corrected chi connectivity index (χ1v) is 7.61. The SMILES string of the molecule is O=c1cn[nH]c(=S)n1/N=C/c1cccc(OCc2ccccc2)c1. The molecule has 6 nitrogen and oxygen atoms in total. The molecule has 0 fully saturated rings. The zero-order valence-electron chi connectivity index (χ0n) is 12.6. The van der Waals surface area contributed by atoms with Crippen LogP contribution in [0.4, 0.5) is 0 Å². The minimum Gasteiger partial charge on any atom is -0.489 e. The van der Waals surface area contributed by atoms with Crippen molar-refractivity contribution in [2.24, 2.45) is 5.10 Å². The Morgan fingerprint density at radius 2 is 2.04 bits per heavy atom. The molecule has 2 aromatic carbocycles. The van der Waals surface area contributed by atoms with Gasteiger partial charge in [-0.25, -0.2) is 0 Å². The normalized spacial score (nSPS) is 10.8. The summed E-state index contributed by atoms with van der Waals surface area (Å²) in [6.45, 7) is 0.483. The maximum Gasteiger partial charge on any atom is 0.293 e. The van der Waals surface area contributed by atoms with Gasteiger partial charge in [0.25, 0.3) is 5.56 Å². The summed E-state index contributed by atoms with van der Waals surface area (Å²) in [5.41, 5.74) is 1.48. The highest BCUT2D eigenvalue weighted by Gasteiger charge is 1.98. The molecule has 0 saturated carbocycles. The third kappa shape index (κ3) is 4.02. The van der Waals surface area contributed by atoms with Crippen molar-refractivity contribution in [2.45, 2.75) is 6.61 Å². The Bertz CT molecular complexity index is 936. The van der Waals surface area contributed by atoms with E-state index in [4.69, 9.17) is 17.0 Å². The van der Waals surface area contributed by atoms with E-state index in [-0.39, 0.29) is 4.77 Å². The van der Waals surface area contributed by atoms with Crippen molar-refractivity contribution in [3.8, 4) is 5.75 Å². The van der Waals surface area contributed by atoms with E-state index in [0.717, 1.165) is 27.7 Å². The number of hydrogen-bond donors (Lipinski definition) is 1. The number of hydrogen-bond acceptors (Lipinski definition) is 5. The van der Waals surface area contributed by atoms with Crippen LogP contribution in [-0.4, -0.2) is 21.1 Å². The molecule has 1 heterocycles. The van der Waals surface area contributed by atoms with Crippen molar-refractivity contribution in [3.63, 3.8) is 0 Å². The fourth-order valence-electron chi connectivity index (χ4n) is 2.00. The average molecular weight is 338 g/mol. The maximum absolute atomic E-state index is 11.7. The van der Waals surface area contributed by atoms with E-state index in [1.54, 1.807) is 6.21 Å². The minimum absolute atomic E-state index is 0.134. The van der Waals surface area contributed by atoms with Gasteiger partial charge in [-0.1, -0.05) is 42.5 Å². The summed E-state index contributed by atoms with van der Waals surface area (Å²) in [5, 5.41) is 10.2. The highest BCUT2D eigenvalue weighted by molar-refractivity contribution is 7.71. The summed E-state index contributed by atoms with van der Waals surface area (Å²) in [5.74, 6) is 0.718. The van der Waals surface area contributed by atoms with Crippen molar-refractivity contribution in [3.05, 3.63) is 87.0 Å². The third-order valence-electron chi connectivity index (χ3n) is 3.17. The predicted molar refractivity (Wildman–Crippen MR) is 93.9 cm³/mol. The van der Waals surface area contributed by atoms with Crippen LogP contribution < -0.4 is 10.3 Å². The van der Waals surface area contributed by atoms with Gasteiger partial charge in [0.1, 0.15) is 18.6 Å². The van der Waals surface area contributed by atoms with Crippen LogP contribution >= 0.6 is 12.2 Å². The van der Waals surface area contributed by atoms with Crippen LogP contribution in [-0.2, 0) is 6.61 Å². The molecule has 0 saturated heterocycles. The van der Waals surface area contributed by atoms with Gasteiger partial charge in [0.05, 0.1) is 6.21 Å². The predicted octanol–water partition coefficient (Wildman–Crippen LogP) is 2.76. The lowest BCUT2D eigenvalue weighted by molar-refractivity contribution is 0.306. The Kier molecular flexibility index (Phi) is 4.93. The molecule has 24 heavy (non-hydrogen) atoms. The van der Waals surface area contributed by atoms with E-state index in [9.17, 15) is 4.79 Å². The van der Waals surface area contributed by atoms with Gasteiger partial charge in [-0.3, -0.25) is 9.89 Å². The number of aromatic nitrogens is 3. The fourth-order valence-corrected chi connectivity index (χ4v) is 2.19. The van der Waals surface area contributed by atoms with Gasteiger partial charge >= 0.3 is 0 Å². The highest BCUT2D eigenvalue weighted by atomic mass is 32.1. The Labute approximate surface area is 143 Å². The topological polar surface area (TPSA) is 72.3 Å². The number of aromatic amines is 1. The Morgan fingerprint density at radius 1 is 1.21 bits per heavy atom. The maximum atomic E-state index is 11.7. The summed E-state index contributed by atoms with van der Waals surface area (Å²) in [4.78, 5) is 11.7. The van der Waals surface area contributed by atoms with Crippen LogP contribution in [0.3, 0.4) is 0 Å². The van der Waals surface area contributed by atoms with Gasteiger partial charge in [-0.05, 0) is 35.5 Å². The molecule has 1 N–H and O–H groups in total. The van der Waals surface area contributed by atoms with Crippen LogP contribution in [0.5, 0.6) is 5.75 Å². The van der Waals surface area contributed by atoms with E-state index in [1.807, 2.05) is 54.6 Å². The Morgan fingerprint density at radius 3 is 2.83 bits per heavy atom. The second-order valence-electron chi connectivity index (χ2n) is 4.92. The number of rotatable bonds is 5. The van der Waals surface area contributed by atoms with Crippen molar-refractivity contribution >= 4 is 18.4 Å². The van der Waals surface area contributed by atoms with Crippen LogP contribution in [0.2, 0.25) is 0 Å². The lowest BCUT2D eigenvalue weighted by Crippen LogP contribution is -2.18. The molecular weight excluding hydrogens is 324 g/mol. The monoisotopic (exact) mass is 338 g/mol. The van der Waals surface area contributed by atoms with E-state index in [2.05, 4.69) is 15.3 Å². The molecule has 3 rings (SSSR count). The quantitative estimate of drug-likeness (QED) is 0.573. The minimum atomic E-state index is -0.397. The Hall–Kier alpha value is -3.06. The van der Waals surface area contributed by atoms with Gasteiger partial charge in [0.2, 0.25) is 4.77 Å².